The van der Waals surface area contributed by atoms with Gasteiger partial charge >= 0.3 is 11.9 Å². The number of alkyl halides is 2. The van der Waals surface area contributed by atoms with Gasteiger partial charge in [-0.15, -0.1) is 11.3 Å². The molecule has 1 aliphatic heterocycles. The summed E-state index contributed by atoms with van der Waals surface area (Å²) in [5.41, 5.74) is 1.94. The number of halogens is 2. The Morgan fingerprint density at radius 2 is 2.00 bits per heavy atom. The molecule has 1 fully saturated rings. The minimum absolute atomic E-state index is 0.160. The molecule has 1 aromatic rings. The van der Waals surface area contributed by atoms with E-state index in [9.17, 15) is 23.5 Å². The quantitative estimate of drug-likeness (QED) is 0.118. The molecule has 1 N–H and O–H groups in total. The number of allylic oxidation sites excluding steroid dienone is 4. The predicted molar refractivity (Wildman–Crippen MR) is 145 cm³/mol. The second-order valence-electron chi connectivity index (χ2n) is 9.25. The molecule has 204 valence electrons. The number of ether oxygens (including phenoxy) is 1. The number of methoxy groups -OCH3 is 1. The first kappa shape index (κ1) is 30.6. The molecule has 1 aliphatic rings. The molecular weight excluding hydrogens is 496 g/mol. The second kappa shape index (κ2) is 15.0. The van der Waals surface area contributed by atoms with E-state index in [1.165, 1.54) is 41.1 Å². The molecule has 0 aromatic carbocycles. The Morgan fingerprint density at radius 3 is 2.68 bits per heavy atom. The number of esters is 1. The largest absolute Gasteiger partial charge is 0.465 e. The number of unbranched alkanes of at least 4 members (excludes halogenated alkanes) is 2. The molecule has 1 saturated heterocycles. The number of amides is 1. The van der Waals surface area contributed by atoms with E-state index in [1.807, 2.05) is 19.9 Å². The highest BCUT2D eigenvalue weighted by Gasteiger charge is 2.52. The monoisotopic (exact) mass is 535 g/mol. The van der Waals surface area contributed by atoms with E-state index < -0.39 is 36.4 Å². The molecule has 1 aromatic heterocycles. The minimum atomic E-state index is -3.42. The van der Waals surface area contributed by atoms with Gasteiger partial charge < -0.3 is 14.7 Å². The summed E-state index contributed by atoms with van der Waals surface area (Å²) in [6, 6.07) is 2.69. The van der Waals surface area contributed by atoms with Crippen molar-refractivity contribution in [2.24, 2.45) is 0 Å². The van der Waals surface area contributed by atoms with Crippen molar-refractivity contribution in [3.05, 3.63) is 70.0 Å². The Hall–Kier alpha value is -2.58. The van der Waals surface area contributed by atoms with E-state index in [0.717, 1.165) is 30.6 Å². The molecule has 0 saturated carbocycles. The Morgan fingerprint density at radius 1 is 1.27 bits per heavy atom. The summed E-state index contributed by atoms with van der Waals surface area (Å²) < 4.78 is 33.1. The normalized spacial score (nSPS) is 18.8. The van der Waals surface area contributed by atoms with Crippen molar-refractivity contribution in [1.82, 2.24) is 4.90 Å². The molecule has 37 heavy (non-hydrogen) atoms. The zero-order valence-corrected chi connectivity index (χ0v) is 22.9. The fourth-order valence-electron chi connectivity index (χ4n) is 4.32. The lowest BCUT2D eigenvalue weighted by molar-refractivity contribution is -0.148. The molecule has 2 atom stereocenters. The van der Waals surface area contributed by atoms with E-state index >= 15 is 0 Å². The first-order chi connectivity index (χ1) is 17.6. The van der Waals surface area contributed by atoms with E-state index in [2.05, 4.69) is 18.7 Å². The van der Waals surface area contributed by atoms with Crippen molar-refractivity contribution in [2.75, 3.05) is 13.7 Å². The standard InChI is InChI=1S/C29H39F2NO4S/c1-5-11-22(6-2)13-9-7-8-12-21(3)25(33)17-15-23-20-29(30,31)28(35)32(23)19-10-14-24-16-18-26(37-24)27(34)36-4/h5-6,11,15-18,23,25,33H,3,7-10,12-14,19-20H2,1-2,4H3/b11-5-,17-15+,22-6+/t23?,25-/m1/s1. The van der Waals surface area contributed by atoms with Gasteiger partial charge in [-0.25, -0.2) is 4.79 Å². The van der Waals surface area contributed by atoms with Crippen LogP contribution in [0.1, 0.15) is 73.3 Å². The number of aryl methyl sites for hydroxylation is 1. The SMILES string of the molecule is C=C(CCCCCC(/C=C\C)=C/C)[C@H](O)/C=C/C1CC(F)(F)C(=O)N1CCCc1ccc(C(=O)OC)s1. The predicted octanol–water partition coefficient (Wildman–Crippen LogP) is 6.65. The minimum Gasteiger partial charge on any atom is -0.465 e. The van der Waals surface area contributed by atoms with Gasteiger partial charge in [0.05, 0.1) is 19.3 Å². The van der Waals surface area contributed by atoms with Crippen LogP contribution in [0.3, 0.4) is 0 Å². The number of aliphatic hydroxyl groups is 1. The molecule has 2 rings (SSSR count). The summed E-state index contributed by atoms with van der Waals surface area (Å²) in [6.07, 6.45) is 13.3. The summed E-state index contributed by atoms with van der Waals surface area (Å²) >= 11 is 1.29. The smallest absolute Gasteiger partial charge is 0.348 e. The van der Waals surface area contributed by atoms with Crippen molar-refractivity contribution >= 4 is 23.2 Å². The zero-order chi connectivity index (χ0) is 27.4. The average molecular weight is 536 g/mol. The third-order valence-corrected chi connectivity index (χ3v) is 7.58. The first-order valence-corrected chi connectivity index (χ1v) is 13.6. The number of carbonyl (C=O) groups excluding carboxylic acids is 2. The van der Waals surface area contributed by atoms with E-state index in [-0.39, 0.29) is 6.54 Å². The molecule has 0 spiro atoms. The van der Waals surface area contributed by atoms with Gasteiger partial charge in [-0.2, -0.15) is 8.78 Å². The third kappa shape index (κ3) is 9.34. The fourth-order valence-corrected chi connectivity index (χ4v) is 5.29. The van der Waals surface area contributed by atoms with Gasteiger partial charge in [0, 0.05) is 17.8 Å². The van der Waals surface area contributed by atoms with Crippen molar-refractivity contribution < 1.29 is 28.2 Å². The highest BCUT2D eigenvalue weighted by atomic mass is 32.1. The lowest BCUT2D eigenvalue weighted by Crippen LogP contribution is -2.36. The van der Waals surface area contributed by atoms with Crippen LogP contribution in [0.4, 0.5) is 8.78 Å². The van der Waals surface area contributed by atoms with Gasteiger partial charge in [0.1, 0.15) is 4.88 Å². The fraction of sp³-hybridized carbons (Fsp3) is 0.517. The Kier molecular flexibility index (Phi) is 12.4. The summed E-state index contributed by atoms with van der Waals surface area (Å²) in [5.74, 6) is -5.02. The van der Waals surface area contributed by atoms with E-state index in [4.69, 9.17) is 4.74 Å². The van der Waals surface area contributed by atoms with Crippen LogP contribution in [0.2, 0.25) is 0 Å². The highest BCUT2D eigenvalue weighted by Crippen LogP contribution is 2.34. The second-order valence-corrected chi connectivity index (χ2v) is 10.4. The van der Waals surface area contributed by atoms with Crippen LogP contribution in [0, 0.1) is 0 Å². The molecular formula is C29H39F2NO4S. The summed E-state index contributed by atoms with van der Waals surface area (Å²) in [6.45, 7) is 8.15. The topological polar surface area (TPSA) is 66.8 Å². The summed E-state index contributed by atoms with van der Waals surface area (Å²) in [4.78, 5) is 26.5. The first-order valence-electron chi connectivity index (χ1n) is 12.8. The maximum atomic E-state index is 14.2. The van der Waals surface area contributed by atoms with Gasteiger partial charge in [-0.1, -0.05) is 49.0 Å². The number of rotatable bonds is 15. The van der Waals surface area contributed by atoms with Crippen LogP contribution >= 0.6 is 11.3 Å². The number of carbonyl (C=O) groups is 2. The molecule has 2 heterocycles. The maximum Gasteiger partial charge on any atom is 0.348 e. The van der Waals surface area contributed by atoms with Crippen molar-refractivity contribution in [2.45, 2.75) is 83.3 Å². The number of aliphatic hydroxyl groups excluding tert-OH is 1. The lowest BCUT2D eigenvalue weighted by atomic mass is 10.0. The van der Waals surface area contributed by atoms with E-state index in [1.54, 1.807) is 12.1 Å². The van der Waals surface area contributed by atoms with Gasteiger partial charge in [-0.3, -0.25) is 4.79 Å². The number of nitrogens with zero attached hydrogens (tertiary/aromatic N) is 1. The van der Waals surface area contributed by atoms with Crippen LogP contribution in [-0.2, 0) is 16.0 Å². The van der Waals surface area contributed by atoms with Crippen LogP contribution in [0.15, 0.2) is 60.2 Å². The van der Waals surface area contributed by atoms with Crippen LogP contribution < -0.4 is 0 Å². The molecule has 1 unspecified atom stereocenters. The third-order valence-electron chi connectivity index (χ3n) is 6.46. The molecule has 5 nitrogen and oxygen atoms in total. The average Bonchev–Trinajstić information content (AvgIpc) is 3.43. The zero-order valence-electron chi connectivity index (χ0n) is 22.1. The highest BCUT2D eigenvalue weighted by molar-refractivity contribution is 7.13. The number of hydrogen-bond donors (Lipinski definition) is 1. The number of hydrogen-bond acceptors (Lipinski definition) is 5. The summed E-state index contributed by atoms with van der Waals surface area (Å²) in [5, 5.41) is 10.5. The summed E-state index contributed by atoms with van der Waals surface area (Å²) in [7, 11) is 1.31. The van der Waals surface area contributed by atoms with Crippen LogP contribution in [0.25, 0.3) is 0 Å². The number of likely N-dealkylation sites (tertiary alicyclic amines) is 1. The van der Waals surface area contributed by atoms with Crippen LogP contribution in [0.5, 0.6) is 0 Å². The molecule has 8 heteroatoms. The molecule has 1 amide bonds. The Labute approximate surface area is 223 Å². The molecule has 0 aliphatic carbocycles. The lowest BCUT2D eigenvalue weighted by Gasteiger charge is -2.22. The van der Waals surface area contributed by atoms with E-state index in [0.29, 0.717) is 29.7 Å². The molecule has 0 bridgehead atoms. The van der Waals surface area contributed by atoms with Gasteiger partial charge in [0.15, 0.2) is 0 Å². The van der Waals surface area contributed by atoms with Gasteiger partial charge in [0.2, 0.25) is 0 Å². The maximum absolute atomic E-state index is 14.2. The molecule has 0 radical (unpaired) electrons. The van der Waals surface area contributed by atoms with Gasteiger partial charge in [0.25, 0.3) is 5.91 Å². The van der Waals surface area contributed by atoms with Gasteiger partial charge in [-0.05, 0) is 70.1 Å². The Balaban J connectivity index is 1.84. The van der Waals surface area contributed by atoms with Crippen molar-refractivity contribution in [1.29, 1.82) is 0 Å². The number of thiophene rings is 1. The van der Waals surface area contributed by atoms with Crippen LogP contribution in [-0.4, -0.2) is 53.6 Å². The van der Waals surface area contributed by atoms with Crippen molar-refractivity contribution in [3.8, 4) is 0 Å². The van der Waals surface area contributed by atoms with Crippen molar-refractivity contribution in [3.63, 3.8) is 0 Å². The Bertz CT molecular complexity index is 1010.